The van der Waals surface area contributed by atoms with Crippen molar-refractivity contribution in [3.8, 4) is 11.8 Å². The summed E-state index contributed by atoms with van der Waals surface area (Å²) < 4.78 is 2.83. The Kier molecular flexibility index (Phi) is 3.29. The van der Waals surface area contributed by atoms with Crippen LogP contribution in [-0.4, -0.2) is 9.78 Å². The quantitative estimate of drug-likeness (QED) is 0.709. The number of nitriles is 1. The molecule has 3 nitrogen and oxygen atoms in total. The minimum absolute atomic E-state index is 0.334. The Hall–Kier alpha value is -2.12. The van der Waals surface area contributed by atoms with Crippen LogP contribution in [0.2, 0.25) is 0 Å². The van der Waals surface area contributed by atoms with E-state index in [9.17, 15) is 0 Å². The van der Waals surface area contributed by atoms with Gasteiger partial charge in [0.2, 0.25) is 0 Å². The average molecular weight is 326 g/mol. The van der Waals surface area contributed by atoms with Crippen molar-refractivity contribution in [2.24, 2.45) is 0 Å². The minimum Gasteiger partial charge on any atom is -0.234 e. The van der Waals surface area contributed by atoms with Crippen molar-refractivity contribution < 1.29 is 0 Å². The van der Waals surface area contributed by atoms with Gasteiger partial charge in [0.15, 0.2) is 0 Å². The van der Waals surface area contributed by atoms with E-state index in [1.165, 1.54) is 5.56 Å². The Balaban J connectivity index is 2.30. The van der Waals surface area contributed by atoms with Crippen LogP contribution in [0.5, 0.6) is 0 Å². The van der Waals surface area contributed by atoms with Gasteiger partial charge in [-0.2, -0.15) is 10.4 Å². The first kappa shape index (κ1) is 12.9. The molecule has 0 bridgehead atoms. The van der Waals surface area contributed by atoms with Crippen molar-refractivity contribution in [1.82, 2.24) is 9.78 Å². The van der Waals surface area contributed by atoms with Gasteiger partial charge in [0, 0.05) is 9.86 Å². The molecule has 0 spiro atoms. The van der Waals surface area contributed by atoms with Crippen LogP contribution in [0.25, 0.3) is 16.6 Å². The molecule has 0 amide bonds. The third-order valence-electron chi connectivity index (χ3n) is 3.26. The summed E-state index contributed by atoms with van der Waals surface area (Å²) in [6.45, 7) is 2.05. The molecule has 2 aromatic carbocycles. The fourth-order valence-corrected chi connectivity index (χ4v) is 2.98. The maximum absolute atomic E-state index is 9.08. The first-order valence-corrected chi connectivity index (χ1v) is 7.10. The van der Waals surface area contributed by atoms with Gasteiger partial charge in [-0.15, -0.1) is 0 Å². The number of nitrogens with zero attached hydrogens (tertiary/aromatic N) is 3. The van der Waals surface area contributed by atoms with E-state index in [1.807, 2.05) is 48.0 Å². The molecule has 4 heteroatoms. The molecule has 0 aliphatic heterocycles. The summed E-state index contributed by atoms with van der Waals surface area (Å²) in [6.07, 6.45) is 0.334. The Morgan fingerprint density at radius 3 is 2.80 bits per heavy atom. The number of halogens is 1. The normalized spacial score (nSPS) is 10.7. The van der Waals surface area contributed by atoms with E-state index < -0.39 is 0 Å². The summed E-state index contributed by atoms with van der Waals surface area (Å²) in [4.78, 5) is 0. The summed E-state index contributed by atoms with van der Waals surface area (Å²) in [5.74, 6) is 0. The zero-order valence-electron chi connectivity index (χ0n) is 11.0. The van der Waals surface area contributed by atoms with Crippen molar-refractivity contribution in [3.63, 3.8) is 0 Å². The molecular weight excluding hydrogens is 314 g/mol. The molecule has 0 saturated carbocycles. The SMILES string of the molecule is Cc1ccc(-n2nc3ccccc3c2CC#N)c(Br)c1. The van der Waals surface area contributed by atoms with Crippen LogP contribution in [0.4, 0.5) is 0 Å². The number of fused-ring (bicyclic) bond motifs is 1. The van der Waals surface area contributed by atoms with Gasteiger partial charge in [-0.3, -0.25) is 0 Å². The van der Waals surface area contributed by atoms with Crippen molar-refractivity contribution >= 4 is 26.8 Å². The summed E-state index contributed by atoms with van der Waals surface area (Å²) >= 11 is 3.58. The number of hydrogen-bond donors (Lipinski definition) is 0. The highest BCUT2D eigenvalue weighted by atomic mass is 79.9. The largest absolute Gasteiger partial charge is 0.234 e. The molecule has 1 heterocycles. The molecule has 0 fully saturated rings. The molecule has 20 heavy (non-hydrogen) atoms. The van der Waals surface area contributed by atoms with E-state index in [4.69, 9.17) is 5.26 Å². The predicted octanol–water partition coefficient (Wildman–Crippen LogP) is 4.16. The number of aryl methyl sites for hydroxylation is 1. The number of hydrogen-bond acceptors (Lipinski definition) is 2. The lowest BCUT2D eigenvalue weighted by atomic mass is 10.1. The number of aromatic nitrogens is 2. The van der Waals surface area contributed by atoms with Gasteiger partial charge >= 0.3 is 0 Å². The monoisotopic (exact) mass is 325 g/mol. The standard InChI is InChI=1S/C16H12BrN3/c1-11-6-7-16(13(17)10-11)20-15(8-9-18)12-4-2-3-5-14(12)19-20/h2-7,10H,8H2,1H3. The first-order valence-electron chi connectivity index (χ1n) is 6.31. The summed E-state index contributed by atoms with van der Waals surface area (Å²) in [6, 6.07) is 16.2. The first-order chi connectivity index (χ1) is 9.70. The summed E-state index contributed by atoms with van der Waals surface area (Å²) in [5, 5.41) is 14.7. The average Bonchev–Trinajstić information content (AvgIpc) is 2.78. The van der Waals surface area contributed by atoms with E-state index in [1.54, 1.807) is 0 Å². The Morgan fingerprint density at radius 1 is 1.25 bits per heavy atom. The second kappa shape index (κ2) is 5.10. The molecule has 3 rings (SSSR count). The molecule has 0 atom stereocenters. The molecule has 98 valence electrons. The maximum Gasteiger partial charge on any atom is 0.0931 e. The molecule has 0 aliphatic rings. The van der Waals surface area contributed by atoms with Gasteiger partial charge in [0.25, 0.3) is 0 Å². The lowest BCUT2D eigenvalue weighted by molar-refractivity contribution is 0.840. The van der Waals surface area contributed by atoms with Gasteiger partial charge in [-0.1, -0.05) is 24.3 Å². The second-order valence-corrected chi connectivity index (χ2v) is 5.52. The Labute approximate surface area is 125 Å². The van der Waals surface area contributed by atoms with Crippen LogP contribution in [0, 0.1) is 18.3 Å². The van der Waals surface area contributed by atoms with E-state index in [0.29, 0.717) is 6.42 Å². The smallest absolute Gasteiger partial charge is 0.0931 e. The zero-order valence-corrected chi connectivity index (χ0v) is 12.6. The van der Waals surface area contributed by atoms with Crippen molar-refractivity contribution in [2.45, 2.75) is 13.3 Å². The van der Waals surface area contributed by atoms with E-state index in [2.05, 4.69) is 33.2 Å². The van der Waals surface area contributed by atoms with E-state index in [-0.39, 0.29) is 0 Å². The predicted molar refractivity (Wildman–Crippen MR) is 82.8 cm³/mol. The van der Waals surface area contributed by atoms with Crippen LogP contribution in [-0.2, 0) is 6.42 Å². The van der Waals surface area contributed by atoms with Crippen molar-refractivity contribution in [3.05, 3.63) is 58.2 Å². The lowest BCUT2D eigenvalue weighted by Gasteiger charge is -2.08. The van der Waals surface area contributed by atoms with Gasteiger partial charge < -0.3 is 0 Å². The molecule has 3 aromatic rings. The fraction of sp³-hybridized carbons (Fsp3) is 0.125. The highest BCUT2D eigenvalue weighted by molar-refractivity contribution is 9.10. The van der Waals surface area contributed by atoms with Gasteiger partial charge in [0.1, 0.15) is 0 Å². The van der Waals surface area contributed by atoms with Gasteiger partial charge in [-0.05, 0) is 46.6 Å². The summed E-state index contributed by atoms with van der Waals surface area (Å²) in [5.41, 5.74) is 3.97. The maximum atomic E-state index is 9.08. The van der Waals surface area contributed by atoms with Crippen LogP contribution < -0.4 is 0 Å². The topological polar surface area (TPSA) is 41.6 Å². The van der Waals surface area contributed by atoms with Crippen LogP contribution >= 0.6 is 15.9 Å². The van der Waals surface area contributed by atoms with Crippen molar-refractivity contribution in [1.29, 1.82) is 5.26 Å². The van der Waals surface area contributed by atoms with E-state index >= 15 is 0 Å². The highest BCUT2D eigenvalue weighted by Crippen LogP contribution is 2.27. The summed E-state index contributed by atoms with van der Waals surface area (Å²) in [7, 11) is 0. The molecule has 0 unspecified atom stereocenters. The fourth-order valence-electron chi connectivity index (χ4n) is 2.32. The third-order valence-corrected chi connectivity index (χ3v) is 3.89. The zero-order chi connectivity index (χ0) is 14.1. The van der Waals surface area contributed by atoms with Crippen LogP contribution in [0.3, 0.4) is 0 Å². The molecule has 0 N–H and O–H groups in total. The third kappa shape index (κ3) is 2.10. The minimum atomic E-state index is 0.334. The molecular formula is C16H12BrN3. The number of rotatable bonds is 2. The second-order valence-electron chi connectivity index (χ2n) is 4.67. The van der Waals surface area contributed by atoms with Gasteiger partial charge in [-0.25, -0.2) is 4.68 Å². The van der Waals surface area contributed by atoms with Crippen LogP contribution in [0.15, 0.2) is 46.9 Å². The molecule has 0 aliphatic carbocycles. The molecule has 0 saturated heterocycles. The highest BCUT2D eigenvalue weighted by Gasteiger charge is 2.13. The Morgan fingerprint density at radius 2 is 2.05 bits per heavy atom. The van der Waals surface area contributed by atoms with Crippen molar-refractivity contribution in [2.75, 3.05) is 0 Å². The lowest BCUT2D eigenvalue weighted by Crippen LogP contribution is -2.02. The van der Waals surface area contributed by atoms with Crippen LogP contribution in [0.1, 0.15) is 11.3 Å². The molecule has 1 aromatic heterocycles. The van der Waals surface area contributed by atoms with Gasteiger partial charge in [0.05, 0.1) is 29.4 Å². The van der Waals surface area contributed by atoms with E-state index in [0.717, 1.165) is 26.8 Å². The molecule has 0 radical (unpaired) electrons. The number of benzene rings is 2. The Bertz CT molecular complexity index is 827.